The molecule has 0 heterocycles. The van der Waals surface area contributed by atoms with Crippen LogP contribution in [-0.2, 0) is 17.8 Å². The van der Waals surface area contributed by atoms with E-state index in [0.717, 1.165) is 21.9 Å². The van der Waals surface area contributed by atoms with Crippen LogP contribution in [0.25, 0.3) is 10.8 Å². The number of primary amides is 2. The maximum absolute atomic E-state index is 13.9. The largest absolute Gasteiger partial charge is 0.497 e. The molecule has 0 saturated carbocycles. The van der Waals surface area contributed by atoms with E-state index in [1.54, 1.807) is 25.3 Å². The molecule has 0 aliphatic carbocycles. The van der Waals surface area contributed by atoms with Crippen molar-refractivity contribution >= 4 is 34.6 Å². The second-order valence-corrected chi connectivity index (χ2v) is 9.42. The highest BCUT2D eigenvalue weighted by atomic mass is 16.7. The molecule has 14 nitrogen and oxygen atoms in total. The number of hydrogen-bond acceptors (Lipinski definition) is 6. The summed E-state index contributed by atoms with van der Waals surface area (Å²) in [6.45, 7) is 0.640. The zero-order chi connectivity index (χ0) is 30.6. The van der Waals surface area contributed by atoms with Gasteiger partial charge in [0.05, 0.1) is 7.11 Å². The highest BCUT2D eigenvalue weighted by Gasteiger charge is 2.29. The summed E-state index contributed by atoms with van der Waals surface area (Å²) in [6, 6.07) is 16.6. The zero-order valence-corrected chi connectivity index (χ0v) is 23.1. The van der Waals surface area contributed by atoms with Gasteiger partial charge in [-0.3, -0.25) is 9.59 Å². The van der Waals surface area contributed by atoms with E-state index >= 15 is 0 Å². The first kappa shape index (κ1) is 31.1. The molecule has 0 fully saturated rings. The molecule has 0 aromatic heterocycles. The summed E-state index contributed by atoms with van der Waals surface area (Å²) in [4.78, 5) is 49.4. The van der Waals surface area contributed by atoms with Crippen LogP contribution in [0.2, 0.25) is 0 Å². The number of nitrogens with zero attached hydrogens (tertiary/aromatic N) is 3. The second-order valence-electron chi connectivity index (χ2n) is 9.42. The Labute approximate surface area is 242 Å². The van der Waals surface area contributed by atoms with Crippen LogP contribution in [0.15, 0.2) is 65.8 Å². The summed E-state index contributed by atoms with van der Waals surface area (Å²) >= 11 is 0. The van der Waals surface area contributed by atoms with E-state index in [1.165, 1.54) is 4.90 Å². The van der Waals surface area contributed by atoms with Crippen molar-refractivity contribution in [1.82, 2.24) is 15.5 Å². The van der Waals surface area contributed by atoms with Gasteiger partial charge in [-0.25, -0.2) is 14.9 Å². The molecule has 0 saturated heterocycles. The van der Waals surface area contributed by atoms with Gasteiger partial charge in [-0.05, 0) is 65.4 Å². The van der Waals surface area contributed by atoms with Crippen molar-refractivity contribution in [2.75, 3.05) is 20.2 Å². The van der Waals surface area contributed by atoms with E-state index in [-0.39, 0.29) is 37.9 Å². The molecule has 0 spiro atoms. The van der Waals surface area contributed by atoms with Gasteiger partial charge in [-0.1, -0.05) is 36.4 Å². The number of amides is 4. The molecule has 0 aliphatic heterocycles. The average Bonchev–Trinajstić information content (AvgIpc) is 2.96. The third-order valence-corrected chi connectivity index (χ3v) is 6.54. The predicted molar refractivity (Wildman–Crippen MR) is 157 cm³/mol. The molecular formula is C28H34N8O6. The fraction of sp³-hybridized carbons (Fsp3) is 0.286. The van der Waals surface area contributed by atoms with Crippen molar-refractivity contribution in [1.29, 1.82) is 0 Å². The second kappa shape index (κ2) is 14.8. The Balaban J connectivity index is 1.82. The molecule has 0 bridgehead atoms. The number of urea groups is 1. The average molecular weight is 579 g/mol. The van der Waals surface area contributed by atoms with Crippen LogP contribution in [0.3, 0.4) is 0 Å². The Morgan fingerprint density at radius 2 is 1.64 bits per heavy atom. The van der Waals surface area contributed by atoms with Gasteiger partial charge in [0, 0.05) is 25.2 Å². The van der Waals surface area contributed by atoms with Crippen LogP contribution in [0.1, 0.15) is 34.3 Å². The molecule has 0 aliphatic rings. The molecule has 3 aromatic rings. The molecule has 1 atom stereocenters. The lowest BCUT2D eigenvalue weighted by molar-refractivity contribution is -0.485. The number of nitrogens with two attached hydrogens (primary N) is 3. The summed E-state index contributed by atoms with van der Waals surface area (Å²) in [6.07, 6.45) is 0.928. The first-order valence-corrected chi connectivity index (χ1v) is 13.1. The first-order valence-electron chi connectivity index (χ1n) is 13.1. The SMILES string of the molecule is COc1ccc2cc(C(=O)N(CCc3ccc(CNC(N)=O)cc3)[C@H](CCCNC(N)=N[N+](=O)[O-])C(N)=O)ccc2c1. The number of hydrazone groups is 1. The van der Waals surface area contributed by atoms with E-state index in [0.29, 0.717) is 24.2 Å². The van der Waals surface area contributed by atoms with Crippen molar-refractivity contribution in [3.8, 4) is 5.75 Å². The van der Waals surface area contributed by atoms with Crippen LogP contribution in [-0.4, -0.2) is 60.0 Å². The summed E-state index contributed by atoms with van der Waals surface area (Å²) in [5, 5.41) is 19.4. The Kier molecular flexibility index (Phi) is 11.0. The molecule has 42 heavy (non-hydrogen) atoms. The molecule has 4 amide bonds. The number of carbonyl (C=O) groups excluding carboxylic acids is 3. The minimum absolute atomic E-state index is 0.174. The maximum Gasteiger partial charge on any atom is 0.312 e. The van der Waals surface area contributed by atoms with Gasteiger partial charge in [0.25, 0.3) is 11.9 Å². The number of benzene rings is 3. The number of rotatable bonds is 14. The van der Waals surface area contributed by atoms with Crippen molar-refractivity contribution in [3.05, 3.63) is 87.5 Å². The smallest absolute Gasteiger partial charge is 0.312 e. The molecule has 0 unspecified atom stereocenters. The van der Waals surface area contributed by atoms with Gasteiger partial charge < -0.3 is 37.5 Å². The number of methoxy groups -OCH3 is 1. The Morgan fingerprint density at radius 3 is 2.29 bits per heavy atom. The highest BCUT2D eigenvalue weighted by Crippen LogP contribution is 2.23. The third-order valence-electron chi connectivity index (χ3n) is 6.54. The fourth-order valence-electron chi connectivity index (χ4n) is 4.40. The van der Waals surface area contributed by atoms with Crippen molar-refractivity contribution < 1.29 is 24.2 Å². The topological polar surface area (TPSA) is 221 Å². The van der Waals surface area contributed by atoms with Crippen LogP contribution in [0.5, 0.6) is 5.75 Å². The predicted octanol–water partition coefficient (Wildman–Crippen LogP) is 1.43. The molecule has 8 N–H and O–H groups in total. The lowest BCUT2D eigenvalue weighted by atomic mass is 10.0. The van der Waals surface area contributed by atoms with Crippen molar-refractivity contribution in [2.24, 2.45) is 22.3 Å². The number of fused-ring (bicyclic) bond motifs is 1. The summed E-state index contributed by atoms with van der Waals surface area (Å²) in [5.41, 5.74) is 18.5. The van der Waals surface area contributed by atoms with Crippen LogP contribution < -0.4 is 32.6 Å². The molecule has 14 heteroatoms. The number of ether oxygens (including phenoxy) is 1. The van der Waals surface area contributed by atoms with E-state index in [1.807, 2.05) is 42.5 Å². The van der Waals surface area contributed by atoms with Crippen molar-refractivity contribution in [3.63, 3.8) is 0 Å². The van der Waals surface area contributed by atoms with Crippen LogP contribution in [0.4, 0.5) is 4.79 Å². The Bertz CT molecular complexity index is 1460. The fourth-order valence-corrected chi connectivity index (χ4v) is 4.40. The third kappa shape index (κ3) is 9.08. The number of nitro groups is 1. The standard InChI is InChI=1S/C28H34N8O6/c1-42-23-11-10-20-15-22(9-8-21(20)16-23)26(38)35(14-12-18-4-6-19(7-5-18)17-33-28(31)39)24(25(29)37)3-2-13-32-27(30)34-36(40)41/h4-11,15-16,24H,2-3,12-14,17H2,1H3,(H2,29,37)(H3,30,32,34)(H3,31,33,39)/t24-/m1/s1. The molecule has 0 radical (unpaired) electrons. The summed E-state index contributed by atoms with van der Waals surface area (Å²) in [5.74, 6) is -0.744. The van der Waals surface area contributed by atoms with Gasteiger partial charge in [-0.2, -0.15) is 0 Å². The van der Waals surface area contributed by atoms with Gasteiger partial charge in [-0.15, -0.1) is 0 Å². The lowest BCUT2D eigenvalue weighted by Gasteiger charge is -2.30. The summed E-state index contributed by atoms with van der Waals surface area (Å²) in [7, 11) is 1.57. The Morgan fingerprint density at radius 1 is 0.976 bits per heavy atom. The van der Waals surface area contributed by atoms with E-state index in [9.17, 15) is 24.5 Å². The minimum Gasteiger partial charge on any atom is -0.497 e. The summed E-state index contributed by atoms with van der Waals surface area (Å²) < 4.78 is 5.28. The molecule has 222 valence electrons. The van der Waals surface area contributed by atoms with Gasteiger partial charge in [0.1, 0.15) is 16.9 Å². The van der Waals surface area contributed by atoms with Gasteiger partial charge in [0.15, 0.2) is 5.03 Å². The molecule has 3 rings (SSSR count). The molecular weight excluding hydrogens is 544 g/mol. The van der Waals surface area contributed by atoms with Crippen LogP contribution >= 0.6 is 0 Å². The lowest BCUT2D eigenvalue weighted by Crippen LogP contribution is -2.49. The highest BCUT2D eigenvalue weighted by molar-refractivity contribution is 6.00. The normalized spacial score (nSPS) is 11.9. The van der Waals surface area contributed by atoms with E-state index in [2.05, 4.69) is 15.7 Å². The van der Waals surface area contributed by atoms with E-state index < -0.39 is 23.0 Å². The van der Waals surface area contributed by atoms with Gasteiger partial charge in [0.2, 0.25) is 5.91 Å². The maximum atomic E-state index is 13.9. The zero-order valence-electron chi connectivity index (χ0n) is 23.1. The van der Waals surface area contributed by atoms with Crippen LogP contribution in [0, 0.1) is 10.1 Å². The first-order chi connectivity index (χ1) is 20.1. The number of carbonyl (C=O) groups is 3. The quantitative estimate of drug-likeness (QED) is 0.0617. The van der Waals surface area contributed by atoms with Gasteiger partial charge >= 0.3 is 6.03 Å². The number of hydrogen-bond donors (Lipinski definition) is 5. The minimum atomic E-state index is -0.960. The number of guanidine groups is 1. The number of nitrogens with one attached hydrogen (secondary N) is 2. The Hall–Kier alpha value is -5.40. The van der Waals surface area contributed by atoms with E-state index in [4.69, 9.17) is 21.9 Å². The molecule has 3 aromatic carbocycles. The monoisotopic (exact) mass is 578 g/mol. The van der Waals surface area contributed by atoms with Crippen molar-refractivity contribution in [2.45, 2.75) is 31.8 Å².